The molecule has 1 fully saturated rings. The fraction of sp³-hybridized carbons (Fsp3) is 0.192. The molecule has 0 aromatic heterocycles. The molecule has 2 amide bonds. The average molecular weight is 462 g/mol. The standard InChI is InChI=1S/C26H21ClFN3O2/c27-21-7-5-17(6-8-21)22-4-2-1-3-18(22)16-30-9-11-31(12-10-30)26(33)19-13-20-15-29-25(32)24(20)23(28)14-19/h1-8,13-15H,9-12,16H2. The van der Waals surface area contributed by atoms with Crippen molar-refractivity contribution in [2.45, 2.75) is 6.54 Å². The first-order chi connectivity index (χ1) is 16.0. The maximum Gasteiger partial charge on any atom is 0.280 e. The Morgan fingerprint density at radius 2 is 1.73 bits per heavy atom. The van der Waals surface area contributed by atoms with Crippen molar-refractivity contribution in [2.75, 3.05) is 26.2 Å². The topological polar surface area (TPSA) is 53.0 Å². The van der Waals surface area contributed by atoms with Crippen LogP contribution in [0.25, 0.3) is 11.1 Å². The van der Waals surface area contributed by atoms with Crippen LogP contribution in [-0.2, 0) is 6.54 Å². The predicted molar refractivity (Wildman–Crippen MR) is 126 cm³/mol. The zero-order valence-electron chi connectivity index (χ0n) is 17.8. The lowest BCUT2D eigenvalue weighted by atomic mass is 9.99. The van der Waals surface area contributed by atoms with Gasteiger partial charge in [0.05, 0.1) is 5.56 Å². The Hall–Kier alpha value is -3.35. The third-order valence-electron chi connectivity index (χ3n) is 6.13. The highest BCUT2D eigenvalue weighted by molar-refractivity contribution is 6.30. The monoisotopic (exact) mass is 461 g/mol. The minimum absolute atomic E-state index is 0.0595. The Balaban J connectivity index is 1.26. The fourth-order valence-corrected chi connectivity index (χ4v) is 4.50. The average Bonchev–Trinajstić information content (AvgIpc) is 3.21. The molecule has 0 radical (unpaired) electrons. The van der Waals surface area contributed by atoms with E-state index in [1.54, 1.807) is 11.0 Å². The molecule has 0 aliphatic carbocycles. The third kappa shape index (κ3) is 4.32. The second kappa shape index (κ2) is 8.89. The maximum absolute atomic E-state index is 14.3. The molecule has 5 rings (SSSR count). The Bertz CT molecular complexity index is 1270. The Labute approximate surface area is 196 Å². The number of piperazine rings is 1. The van der Waals surface area contributed by atoms with Crippen LogP contribution < -0.4 is 0 Å². The summed E-state index contributed by atoms with van der Waals surface area (Å²) in [6.45, 7) is 3.30. The van der Waals surface area contributed by atoms with E-state index in [0.717, 1.165) is 23.7 Å². The van der Waals surface area contributed by atoms with Crippen LogP contribution in [-0.4, -0.2) is 54.0 Å². The normalized spacial score (nSPS) is 15.7. The summed E-state index contributed by atoms with van der Waals surface area (Å²) >= 11 is 6.04. The molecule has 3 aromatic carbocycles. The largest absolute Gasteiger partial charge is 0.336 e. The molecule has 5 nitrogen and oxygen atoms in total. The number of hydrogen-bond donors (Lipinski definition) is 0. The van der Waals surface area contributed by atoms with Crippen molar-refractivity contribution in [1.82, 2.24) is 9.80 Å². The number of rotatable bonds is 4. The van der Waals surface area contributed by atoms with Gasteiger partial charge in [-0.25, -0.2) is 9.38 Å². The Morgan fingerprint density at radius 1 is 1.00 bits per heavy atom. The SMILES string of the molecule is O=C1N=Cc2cc(C(=O)N3CCN(Cc4ccccc4-c4ccc(Cl)cc4)CC3)cc(F)c21. The zero-order chi connectivity index (χ0) is 22.9. The first-order valence-electron chi connectivity index (χ1n) is 10.8. The number of carbonyl (C=O) groups is 2. The van der Waals surface area contributed by atoms with E-state index in [1.807, 2.05) is 36.4 Å². The van der Waals surface area contributed by atoms with Gasteiger partial charge in [-0.05, 0) is 41.0 Å². The molecule has 166 valence electrons. The lowest BCUT2D eigenvalue weighted by Gasteiger charge is -2.35. The number of nitrogens with zero attached hydrogens (tertiary/aromatic N) is 3. The first-order valence-corrected chi connectivity index (χ1v) is 11.1. The molecule has 1 saturated heterocycles. The van der Waals surface area contributed by atoms with E-state index in [0.29, 0.717) is 36.8 Å². The second-order valence-corrected chi connectivity index (χ2v) is 8.65. The molecule has 0 saturated carbocycles. The number of amides is 2. The molecule has 7 heteroatoms. The predicted octanol–water partition coefficient (Wildman–Crippen LogP) is 4.68. The van der Waals surface area contributed by atoms with Crippen LogP contribution in [0.1, 0.15) is 31.8 Å². The Kier molecular flexibility index (Phi) is 5.79. The van der Waals surface area contributed by atoms with Gasteiger partial charge >= 0.3 is 0 Å². The van der Waals surface area contributed by atoms with E-state index < -0.39 is 11.7 Å². The fourth-order valence-electron chi connectivity index (χ4n) is 4.37. The van der Waals surface area contributed by atoms with E-state index >= 15 is 0 Å². The van der Waals surface area contributed by atoms with Gasteiger partial charge in [0.15, 0.2) is 0 Å². The summed E-state index contributed by atoms with van der Waals surface area (Å²) in [4.78, 5) is 32.3. The molecule has 2 aliphatic heterocycles. The van der Waals surface area contributed by atoms with Gasteiger partial charge < -0.3 is 4.90 Å². The quantitative estimate of drug-likeness (QED) is 0.567. The van der Waals surface area contributed by atoms with Crippen molar-refractivity contribution in [3.05, 3.63) is 93.8 Å². The number of halogens is 2. The highest BCUT2D eigenvalue weighted by atomic mass is 35.5. The smallest absolute Gasteiger partial charge is 0.280 e. The van der Waals surface area contributed by atoms with E-state index in [-0.39, 0.29) is 17.0 Å². The molecular formula is C26H21ClFN3O2. The van der Waals surface area contributed by atoms with Crippen LogP contribution in [0.4, 0.5) is 4.39 Å². The highest BCUT2D eigenvalue weighted by Gasteiger charge is 2.27. The van der Waals surface area contributed by atoms with E-state index in [9.17, 15) is 14.0 Å². The zero-order valence-corrected chi connectivity index (χ0v) is 18.6. The summed E-state index contributed by atoms with van der Waals surface area (Å²) < 4.78 is 14.3. The lowest BCUT2D eigenvalue weighted by molar-refractivity contribution is 0.0627. The molecule has 2 aliphatic rings. The van der Waals surface area contributed by atoms with Gasteiger partial charge in [0.2, 0.25) is 0 Å². The molecule has 0 N–H and O–H groups in total. The third-order valence-corrected chi connectivity index (χ3v) is 6.38. The summed E-state index contributed by atoms with van der Waals surface area (Å²) in [5, 5.41) is 0.708. The summed E-state index contributed by atoms with van der Waals surface area (Å²) in [6, 6.07) is 18.8. The summed E-state index contributed by atoms with van der Waals surface area (Å²) in [5.74, 6) is -1.53. The van der Waals surface area contributed by atoms with Gasteiger partial charge in [0.25, 0.3) is 11.8 Å². The van der Waals surface area contributed by atoms with Crippen molar-refractivity contribution in [3.8, 4) is 11.1 Å². The van der Waals surface area contributed by atoms with Crippen molar-refractivity contribution >= 4 is 29.6 Å². The maximum atomic E-state index is 14.3. The summed E-state index contributed by atoms with van der Waals surface area (Å²) in [5.41, 5.74) is 4.04. The van der Waals surface area contributed by atoms with E-state index in [2.05, 4.69) is 22.0 Å². The number of fused-ring (bicyclic) bond motifs is 1. The summed E-state index contributed by atoms with van der Waals surface area (Å²) in [7, 11) is 0. The van der Waals surface area contributed by atoms with Crippen LogP contribution in [0, 0.1) is 5.82 Å². The second-order valence-electron chi connectivity index (χ2n) is 8.22. The van der Waals surface area contributed by atoms with E-state index in [4.69, 9.17) is 11.6 Å². The Morgan fingerprint density at radius 3 is 2.48 bits per heavy atom. The van der Waals surface area contributed by atoms with Crippen LogP contribution in [0.3, 0.4) is 0 Å². The van der Waals surface area contributed by atoms with Crippen molar-refractivity contribution in [3.63, 3.8) is 0 Å². The number of benzene rings is 3. The molecule has 0 spiro atoms. The first kappa shape index (κ1) is 21.5. The summed E-state index contributed by atoms with van der Waals surface area (Å²) in [6.07, 6.45) is 1.31. The molecule has 33 heavy (non-hydrogen) atoms. The van der Waals surface area contributed by atoms with Crippen LogP contribution >= 0.6 is 11.6 Å². The van der Waals surface area contributed by atoms with Crippen LogP contribution in [0.5, 0.6) is 0 Å². The van der Waals surface area contributed by atoms with Crippen LogP contribution in [0.2, 0.25) is 5.02 Å². The van der Waals surface area contributed by atoms with Gasteiger partial charge in [-0.15, -0.1) is 0 Å². The van der Waals surface area contributed by atoms with Gasteiger partial charge in [0.1, 0.15) is 5.82 Å². The number of aliphatic imine (C=N–C) groups is 1. The van der Waals surface area contributed by atoms with Gasteiger partial charge in [-0.2, -0.15) is 0 Å². The molecule has 0 unspecified atom stereocenters. The van der Waals surface area contributed by atoms with Crippen LogP contribution in [0.15, 0.2) is 65.7 Å². The number of carbonyl (C=O) groups excluding carboxylic acids is 2. The van der Waals surface area contributed by atoms with Gasteiger partial charge in [0, 0.05) is 55.1 Å². The molecule has 0 bridgehead atoms. The van der Waals surface area contributed by atoms with E-state index in [1.165, 1.54) is 11.8 Å². The van der Waals surface area contributed by atoms with Crippen molar-refractivity contribution in [2.24, 2.45) is 4.99 Å². The molecule has 3 aromatic rings. The molecular weight excluding hydrogens is 441 g/mol. The van der Waals surface area contributed by atoms with Crippen molar-refractivity contribution < 1.29 is 14.0 Å². The van der Waals surface area contributed by atoms with Gasteiger partial charge in [-0.1, -0.05) is 48.0 Å². The van der Waals surface area contributed by atoms with Crippen molar-refractivity contribution in [1.29, 1.82) is 0 Å². The minimum Gasteiger partial charge on any atom is -0.336 e. The van der Waals surface area contributed by atoms with Gasteiger partial charge in [-0.3, -0.25) is 14.5 Å². The number of hydrogen-bond acceptors (Lipinski definition) is 3. The lowest BCUT2D eigenvalue weighted by Crippen LogP contribution is -2.48. The highest BCUT2D eigenvalue weighted by Crippen LogP contribution is 2.27. The minimum atomic E-state index is -0.698. The molecule has 2 heterocycles. The molecule has 0 atom stereocenters.